The largest absolute Gasteiger partial charge is 0.490 e. The van der Waals surface area contributed by atoms with Crippen LogP contribution in [0, 0.1) is 5.82 Å². The van der Waals surface area contributed by atoms with Crippen LogP contribution >= 0.6 is 0 Å². The average molecular weight is 226 g/mol. The molecule has 0 aliphatic carbocycles. The van der Waals surface area contributed by atoms with Crippen LogP contribution in [0.25, 0.3) is 0 Å². The van der Waals surface area contributed by atoms with Crippen LogP contribution in [0.3, 0.4) is 0 Å². The number of nitrogens with zero attached hydrogens (tertiary/aromatic N) is 1. The Morgan fingerprint density at radius 2 is 2.00 bits per heavy atom. The lowest BCUT2D eigenvalue weighted by Crippen LogP contribution is -2.43. The fourth-order valence-corrected chi connectivity index (χ4v) is 1.03. The number of nitrogens with two attached hydrogens (primary N) is 1. The highest BCUT2D eigenvalue weighted by Gasteiger charge is 2.21. The predicted octanol–water partition coefficient (Wildman–Crippen LogP) is 2.13. The van der Waals surface area contributed by atoms with Crippen LogP contribution in [0.5, 0.6) is 5.75 Å². The number of benzene rings is 1. The molecule has 0 atom stereocenters. The van der Waals surface area contributed by atoms with Gasteiger partial charge < -0.3 is 15.4 Å². The van der Waals surface area contributed by atoms with Crippen molar-refractivity contribution in [1.29, 1.82) is 0 Å². The minimum Gasteiger partial charge on any atom is -0.490 e. The van der Waals surface area contributed by atoms with Crippen LogP contribution in [-0.2, 0) is 0 Å². The molecular weight excluding hydrogens is 207 g/mol. The van der Waals surface area contributed by atoms with Crippen LogP contribution < -0.4 is 10.5 Å². The number of rotatable bonds is 4. The van der Waals surface area contributed by atoms with E-state index in [0.29, 0.717) is 18.0 Å². The minimum atomic E-state index is -0.350. The lowest BCUT2D eigenvalue weighted by molar-refractivity contribution is 0.114. The van der Waals surface area contributed by atoms with Gasteiger partial charge in [-0.1, -0.05) is 0 Å². The second kappa shape index (κ2) is 4.70. The standard InChI is InChI=1S/C12H19FN2O/c1-12(2,15(3)4)8-16-11-6-5-9(13)7-10(11)14/h5-7H,8,14H2,1-4H3. The van der Waals surface area contributed by atoms with E-state index >= 15 is 0 Å². The van der Waals surface area contributed by atoms with E-state index in [4.69, 9.17) is 10.5 Å². The van der Waals surface area contributed by atoms with E-state index in [1.807, 2.05) is 14.1 Å². The number of likely N-dealkylation sites (N-methyl/N-ethyl adjacent to an activating group) is 1. The third kappa shape index (κ3) is 3.10. The van der Waals surface area contributed by atoms with Crippen molar-refractivity contribution in [1.82, 2.24) is 4.90 Å². The number of hydrogen-bond donors (Lipinski definition) is 1. The average Bonchev–Trinajstić information content (AvgIpc) is 2.16. The van der Waals surface area contributed by atoms with Gasteiger partial charge in [0.25, 0.3) is 0 Å². The van der Waals surface area contributed by atoms with Crippen molar-refractivity contribution in [2.75, 3.05) is 26.4 Å². The van der Waals surface area contributed by atoms with Crippen molar-refractivity contribution < 1.29 is 9.13 Å². The molecule has 0 aromatic heterocycles. The number of anilines is 1. The molecule has 0 fully saturated rings. The Morgan fingerprint density at radius 1 is 1.38 bits per heavy atom. The normalized spacial score (nSPS) is 11.9. The topological polar surface area (TPSA) is 38.5 Å². The Balaban J connectivity index is 2.68. The first-order valence-corrected chi connectivity index (χ1v) is 5.18. The van der Waals surface area contributed by atoms with Gasteiger partial charge in [-0.3, -0.25) is 0 Å². The number of nitrogen functional groups attached to an aromatic ring is 1. The molecule has 0 saturated carbocycles. The van der Waals surface area contributed by atoms with E-state index in [2.05, 4.69) is 18.7 Å². The molecule has 0 amide bonds. The smallest absolute Gasteiger partial charge is 0.142 e. The lowest BCUT2D eigenvalue weighted by atomic mass is 10.1. The van der Waals surface area contributed by atoms with Gasteiger partial charge in [0.05, 0.1) is 5.69 Å². The maximum atomic E-state index is 12.8. The Labute approximate surface area is 96.0 Å². The Morgan fingerprint density at radius 3 is 2.50 bits per heavy atom. The molecule has 1 aromatic carbocycles. The van der Waals surface area contributed by atoms with Crippen molar-refractivity contribution in [2.45, 2.75) is 19.4 Å². The van der Waals surface area contributed by atoms with Crippen molar-refractivity contribution in [2.24, 2.45) is 0 Å². The summed E-state index contributed by atoms with van der Waals surface area (Å²) in [6, 6.07) is 4.16. The highest BCUT2D eigenvalue weighted by molar-refractivity contribution is 5.52. The molecule has 0 bridgehead atoms. The summed E-state index contributed by atoms with van der Waals surface area (Å²) < 4.78 is 18.4. The summed E-state index contributed by atoms with van der Waals surface area (Å²) in [5, 5.41) is 0. The summed E-state index contributed by atoms with van der Waals surface area (Å²) >= 11 is 0. The van der Waals surface area contributed by atoms with Gasteiger partial charge in [0, 0.05) is 11.6 Å². The monoisotopic (exact) mass is 226 g/mol. The predicted molar refractivity (Wildman–Crippen MR) is 64.1 cm³/mol. The number of halogens is 1. The summed E-state index contributed by atoms with van der Waals surface area (Å²) in [7, 11) is 3.97. The second-order valence-corrected chi connectivity index (χ2v) is 4.68. The van der Waals surface area contributed by atoms with Gasteiger partial charge in [-0.2, -0.15) is 0 Å². The summed E-state index contributed by atoms with van der Waals surface area (Å²) in [4.78, 5) is 2.06. The maximum Gasteiger partial charge on any atom is 0.142 e. The lowest BCUT2D eigenvalue weighted by Gasteiger charge is -2.32. The molecule has 1 rings (SSSR count). The molecule has 0 aliphatic heterocycles. The quantitative estimate of drug-likeness (QED) is 0.799. The summed E-state index contributed by atoms with van der Waals surface area (Å²) in [5.41, 5.74) is 5.88. The van der Waals surface area contributed by atoms with Crippen molar-refractivity contribution >= 4 is 5.69 Å². The van der Waals surface area contributed by atoms with Crippen LogP contribution in [0.15, 0.2) is 18.2 Å². The highest BCUT2D eigenvalue weighted by atomic mass is 19.1. The minimum absolute atomic E-state index is 0.0964. The van der Waals surface area contributed by atoms with E-state index in [1.54, 1.807) is 6.07 Å². The molecule has 16 heavy (non-hydrogen) atoms. The van der Waals surface area contributed by atoms with Gasteiger partial charge in [0.2, 0.25) is 0 Å². The van der Waals surface area contributed by atoms with Gasteiger partial charge in [-0.15, -0.1) is 0 Å². The maximum absolute atomic E-state index is 12.8. The third-order valence-electron chi connectivity index (χ3n) is 2.76. The summed E-state index contributed by atoms with van der Waals surface area (Å²) in [5.74, 6) is 0.174. The Kier molecular flexibility index (Phi) is 3.75. The molecule has 0 saturated heterocycles. The SMILES string of the molecule is CN(C)C(C)(C)COc1ccc(F)cc1N. The van der Waals surface area contributed by atoms with Gasteiger partial charge in [0.15, 0.2) is 0 Å². The van der Waals surface area contributed by atoms with E-state index in [1.165, 1.54) is 12.1 Å². The second-order valence-electron chi connectivity index (χ2n) is 4.68. The summed E-state index contributed by atoms with van der Waals surface area (Å²) in [6.07, 6.45) is 0. The molecule has 2 N–H and O–H groups in total. The van der Waals surface area contributed by atoms with Crippen LogP contribution in [0.2, 0.25) is 0 Å². The zero-order chi connectivity index (χ0) is 12.3. The molecular formula is C12H19FN2O. The molecule has 0 spiro atoms. The Hall–Kier alpha value is -1.29. The van der Waals surface area contributed by atoms with Gasteiger partial charge in [-0.25, -0.2) is 4.39 Å². The first-order chi connectivity index (χ1) is 7.33. The van der Waals surface area contributed by atoms with Crippen LogP contribution in [-0.4, -0.2) is 31.1 Å². The van der Waals surface area contributed by atoms with Gasteiger partial charge in [-0.05, 0) is 40.1 Å². The molecule has 0 aliphatic rings. The van der Waals surface area contributed by atoms with Crippen molar-refractivity contribution in [3.63, 3.8) is 0 Å². The number of hydrogen-bond acceptors (Lipinski definition) is 3. The molecule has 90 valence electrons. The molecule has 3 nitrogen and oxygen atoms in total. The summed E-state index contributed by atoms with van der Waals surface area (Å²) in [6.45, 7) is 4.62. The van der Waals surface area contributed by atoms with Crippen molar-refractivity contribution in [3.05, 3.63) is 24.0 Å². The zero-order valence-corrected chi connectivity index (χ0v) is 10.2. The molecule has 1 aromatic rings. The zero-order valence-electron chi connectivity index (χ0n) is 10.2. The fraction of sp³-hybridized carbons (Fsp3) is 0.500. The third-order valence-corrected chi connectivity index (χ3v) is 2.76. The first-order valence-electron chi connectivity index (χ1n) is 5.18. The molecule has 0 heterocycles. The number of ether oxygens (including phenoxy) is 1. The van der Waals surface area contributed by atoms with Gasteiger partial charge >= 0.3 is 0 Å². The van der Waals surface area contributed by atoms with E-state index < -0.39 is 0 Å². The Bertz CT molecular complexity index is 364. The van der Waals surface area contributed by atoms with E-state index in [-0.39, 0.29) is 11.4 Å². The first kappa shape index (κ1) is 12.8. The van der Waals surface area contributed by atoms with E-state index in [9.17, 15) is 4.39 Å². The van der Waals surface area contributed by atoms with Crippen molar-refractivity contribution in [3.8, 4) is 5.75 Å². The van der Waals surface area contributed by atoms with Crippen LogP contribution in [0.4, 0.5) is 10.1 Å². The van der Waals surface area contributed by atoms with Gasteiger partial charge in [0.1, 0.15) is 18.2 Å². The van der Waals surface area contributed by atoms with E-state index in [0.717, 1.165) is 0 Å². The molecule has 4 heteroatoms. The molecule has 0 unspecified atom stereocenters. The van der Waals surface area contributed by atoms with Crippen LogP contribution in [0.1, 0.15) is 13.8 Å². The molecule has 0 radical (unpaired) electrons. The fourth-order valence-electron chi connectivity index (χ4n) is 1.03. The highest BCUT2D eigenvalue weighted by Crippen LogP contribution is 2.23.